The lowest BCUT2D eigenvalue weighted by atomic mass is 9.95. The minimum atomic E-state index is 0.309. The standard InChI is InChI=1S/C14H14Cl2N2O/c15-7-14-17-10-3-1-8(16)5-11(10)18(14)12-6-9-2-4-13(12)19-9/h1,3,5,9,12-13H,2,4,6-7H2. The number of fused-ring (bicyclic) bond motifs is 3. The Hall–Kier alpha value is -0.770. The van der Waals surface area contributed by atoms with Crippen molar-refractivity contribution in [2.24, 2.45) is 0 Å². The van der Waals surface area contributed by atoms with Crippen LogP contribution in [0.15, 0.2) is 18.2 Å². The Morgan fingerprint density at radius 1 is 1.37 bits per heavy atom. The number of halogens is 2. The lowest BCUT2D eigenvalue weighted by Crippen LogP contribution is -2.22. The van der Waals surface area contributed by atoms with Gasteiger partial charge in [0.05, 0.1) is 35.2 Å². The van der Waals surface area contributed by atoms with Gasteiger partial charge in [-0.3, -0.25) is 0 Å². The summed E-state index contributed by atoms with van der Waals surface area (Å²) >= 11 is 12.2. The van der Waals surface area contributed by atoms with Gasteiger partial charge in [-0.25, -0.2) is 4.98 Å². The van der Waals surface area contributed by atoms with Crippen molar-refractivity contribution in [2.75, 3.05) is 0 Å². The largest absolute Gasteiger partial charge is 0.373 e. The zero-order chi connectivity index (χ0) is 13.0. The van der Waals surface area contributed by atoms with Crippen LogP contribution >= 0.6 is 23.2 Å². The van der Waals surface area contributed by atoms with Crippen LogP contribution in [0.4, 0.5) is 0 Å². The molecule has 3 atom stereocenters. The lowest BCUT2D eigenvalue weighted by Gasteiger charge is -2.22. The highest BCUT2D eigenvalue weighted by molar-refractivity contribution is 6.31. The van der Waals surface area contributed by atoms with E-state index in [-0.39, 0.29) is 0 Å². The summed E-state index contributed by atoms with van der Waals surface area (Å²) in [6, 6.07) is 6.16. The van der Waals surface area contributed by atoms with Crippen LogP contribution < -0.4 is 0 Å². The number of benzene rings is 1. The van der Waals surface area contributed by atoms with Crippen molar-refractivity contribution in [3.05, 3.63) is 29.0 Å². The molecule has 4 rings (SSSR count). The second kappa shape index (κ2) is 4.37. The minimum Gasteiger partial charge on any atom is -0.373 e. The van der Waals surface area contributed by atoms with E-state index in [9.17, 15) is 0 Å². The van der Waals surface area contributed by atoms with Gasteiger partial charge in [0.15, 0.2) is 0 Å². The molecule has 100 valence electrons. The lowest BCUT2D eigenvalue weighted by molar-refractivity contribution is 0.0940. The van der Waals surface area contributed by atoms with Gasteiger partial charge >= 0.3 is 0 Å². The number of alkyl halides is 1. The molecule has 0 aliphatic carbocycles. The van der Waals surface area contributed by atoms with Gasteiger partial charge in [0.2, 0.25) is 0 Å². The van der Waals surface area contributed by atoms with Gasteiger partial charge in [0.1, 0.15) is 5.82 Å². The first-order chi connectivity index (χ1) is 9.26. The molecule has 19 heavy (non-hydrogen) atoms. The predicted octanol–water partition coefficient (Wildman–Crippen LogP) is 3.92. The summed E-state index contributed by atoms with van der Waals surface area (Å²) in [4.78, 5) is 4.62. The molecule has 0 saturated carbocycles. The smallest absolute Gasteiger partial charge is 0.125 e. The number of rotatable bonds is 2. The van der Waals surface area contributed by atoms with Crippen LogP contribution in [-0.4, -0.2) is 21.8 Å². The first-order valence-electron chi connectivity index (χ1n) is 6.64. The third-order valence-corrected chi connectivity index (χ3v) is 4.72. The maximum atomic E-state index is 6.12. The molecular formula is C14H14Cl2N2O. The molecule has 0 N–H and O–H groups in total. The van der Waals surface area contributed by atoms with Crippen molar-refractivity contribution in [1.82, 2.24) is 9.55 Å². The van der Waals surface area contributed by atoms with Gasteiger partial charge in [-0.1, -0.05) is 11.6 Å². The Bertz CT molecular complexity index is 640. The van der Waals surface area contributed by atoms with Crippen molar-refractivity contribution >= 4 is 34.2 Å². The van der Waals surface area contributed by atoms with E-state index >= 15 is 0 Å². The third kappa shape index (κ3) is 1.79. The molecule has 3 heterocycles. The Kier molecular flexibility index (Phi) is 2.76. The number of nitrogens with zero attached hydrogens (tertiary/aromatic N) is 2. The van der Waals surface area contributed by atoms with Gasteiger partial charge in [0.25, 0.3) is 0 Å². The molecule has 1 aromatic carbocycles. The van der Waals surface area contributed by atoms with Gasteiger partial charge < -0.3 is 9.30 Å². The van der Waals surface area contributed by atoms with Crippen LogP contribution in [0.3, 0.4) is 0 Å². The van der Waals surface area contributed by atoms with Crippen molar-refractivity contribution < 1.29 is 4.74 Å². The van der Waals surface area contributed by atoms with E-state index in [0.29, 0.717) is 24.1 Å². The fourth-order valence-corrected chi connectivity index (χ4v) is 3.82. The number of aromatic nitrogens is 2. The molecule has 2 aliphatic heterocycles. The van der Waals surface area contributed by atoms with Crippen molar-refractivity contribution in [1.29, 1.82) is 0 Å². The number of ether oxygens (including phenoxy) is 1. The second-order valence-corrected chi connectivity index (χ2v) is 6.05. The van der Waals surface area contributed by atoms with Gasteiger partial charge in [-0.05, 0) is 37.5 Å². The normalized spacial score (nSPS) is 29.5. The van der Waals surface area contributed by atoms with Crippen LogP contribution in [0.5, 0.6) is 0 Å². The Morgan fingerprint density at radius 3 is 2.95 bits per heavy atom. The molecule has 0 spiro atoms. The first-order valence-corrected chi connectivity index (χ1v) is 7.55. The summed E-state index contributed by atoms with van der Waals surface area (Å²) in [5, 5.41) is 0.735. The summed E-state index contributed by atoms with van der Waals surface area (Å²) < 4.78 is 8.21. The molecule has 5 heteroatoms. The Morgan fingerprint density at radius 2 is 2.26 bits per heavy atom. The van der Waals surface area contributed by atoms with E-state index in [1.807, 2.05) is 18.2 Å². The van der Waals surface area contributed by atoms with Crippen molar-refractivity contribution in [3.8, 4) is 0 Å². The average Bonchev–Trinajstić information content (AvgIpc) is 3.10. The monoisotopic (exact) mass is 296 g/mol. The molecule has 0 amide bonds. The fourth-order valence-electron chi connectivity index (χ4n) is 3.46. The zero-order valence-corrected chi connectivity index (χ0v) is 11.9. The molecule has 2 bridgehead atoms. The molecular weight excluding hydrogens is 283 g/mol. The highest BCUT2D eigenvalue weighted by Gasteiger charge is 2.42. The molecule has 2 fully saturated rings. The first kappa shape index (κ1) is 12.0. The van der Waals surface area contributed by atoms with Crippen molar-refractivity contribution in [2.45, 2.75) is 43.4 Å². The van der Waals surface area contributed by atoms with Crippen LogP contribution in [0.1, 0.15) is 31.1 Å². The summed E-state index contributed by atoms with van der Waals surface area (Å²) in [5.41, 5.74) is 2.03. The highest BCUT2D eigenvalue weighted by Crippen LogP contribution is 2.43. The molecule has 0 radical (unpaired) electrons. The highest BCUT2D eigenvalue weighted by atomic mass is 35.5. The van der Waals surface area contributed by atoms with Crippen LogP contribution in [-0.2, 0) is 10.6 Å². The van der Waals surface area contributed by atoms with E-state index in [4.69, 9.17) is 27.9 Å². The summed E-state index contributed by atoms with van der Waals surface area (Å²) in [5.74, 6) is 1.33. The van der Waals surface area contributed by atoms with Gasteiger partial charge in [0, 0.05) is 5.02 Å². The Balaban J connectivity index is 1.89. The summed E-state index contributed by atoms with van der Waals surface area (Å²) in [6.07, 6.45) is 4.10. The van der Waals surface area contributed by atoms with Gasteiger partial charge in [-0.15, -0.1) is 11.6 Å². The maximum Gasteiger partial charge on any atom is 0.125 e. The number of hydrogen-bond acceptors (Lipinski definition) is 2. The van der Waals surface area contributed by atoms with E-state index < -0.39 is 0 Å². The average molecular weight is 297 g/mol. The molecule has 2 aliphatic rings. The Labute approximate surface area is 121 Å². The summed E-state index contributed by atoms with van der Waals surface area (Å²) in [7, 11) is 0. The van der Waals surface area contributed by atoms with E-state index in [1.165, 1.54) is 6.42 Å². The van der Waals surface area contributed by atoms with Gasteiger partial charge in [-0.2, -0.15) is 0 Å². The second-order valence-electron chi connectivity index (χ2n) is 5.34. The molecule has 2 aromatic rings. The van der Waals surface area contributed by atoms with Crippen molar-refractivity contribution in [3.63, 3.8) is 0 Å². The molecule has 3 nitrogen and oxygen atoms in total. The maximum absolute atomic E-state index is 6.12. The van der Waals surface area contributed by atoms with E-state index in [1.54, 1.807) is 0 Å². The zero-order valence-electron chi connectivity index (χ0n) is 10.4. The molecule has 3 unspecified atom stereocenters. The van der Waals surface area contributed by atoms with Crippen LogP contribution in [0, 0.1) is 0 Å². The van der Waals surface area contributed by atoms with E-state index in [0.717, 1.165) is 34.7 Å². The third-order valence-electron chi connectivity index (χ3n) is 4.25. The fraction of sp³-hybridized carbons (Fsp3) is 0.500. The quantitative estimate of drug-likeness (QED) is 0.786. The van der Waals surface area contributed by atoms with Crippen LogP contribution in [0.25, 0.3) is 11.0 Å². The molecule has 2 saturated heterocycles. The molecule has 1 aromatic heterocycles. The number of hydrogen-bond donors (Lipinski definition) is 0. The number of imidazole rings is 1. The summed E-state index contributed by atoms with van der Waals surface area (Å²) in [6.45, 7) is 0. The predicted molar refractivity (Wildman–Crippen MR) is 75.8 cm³/mol. The van der Waals surface area contributed by atoms with Crippen LogP contribution in [0.2, 0.25) is 5.02 Å². The SMILES string of the molecule is ClCc1nc2ccc(Cl)cc2n1C1CC2CCC1O2. The van der Waals surface area contributed by atoms with E-state index in [2.05, 4.69) is 9.55 Å². The topological polar surface area (TPSA) is 27.1 Å². The minimum absolute atomic E-state index is 0.309.